The normalized spacial score (nSPS) is 44.7. The molecule has 266 valence electrons. The molecule has 0 aromatic heterocycles. The van der Waals surface area contributed by atoms with Crippen molar-refractivity contribution in [1.82, 2.24) is 4.90 Å². The number of fused-ring (bicyclic) bond motifs is 7. The van der Waals surface area contributed by atoms with E-state index < -0.39 is 108 Å². The van der Waals surface area contributed by atoms with Gasteiger partial charge in [-0.05, 0) is 99.7 Å². The maximum absolute atomic E-state index is 15.9. The Labute approximate surface area is 267 Å². The lowest BCUT2D eigenvalue weighted by atomic mass is 9.57. The predicted molar refractivity (Wildman–Crippen MR) is 148 cm³/mol. The number of rotatable bonds is 9. The highest BCUT2D eigenvalue weighted by Gasteiger charge is 2.82. The van der Waals surface area contributed by atoms with Gasteiger partial charge in [0.1, 0.15) is 16.4 Å². The monoisotopic (exact) mass is 687 g/mol. The first-order valence-electron chi connectivity index (χ1n) is 16.9. The number of carbonyl (C=O) groups excluding carboxylic acids is 3. The van der Waals surface area contributed by atoms with Gasteiger partial charge in [-0.2, -0.15) is 30.7 Å². The van der Waals surface area contributed by atoms with Gasteiger partial charge in [0.25, 0.3) is 0 Å². The third kappa shape index (κ3) is 4.19. The van der Waals surface area contributed by atoms with Crippen LogP contribution in [0.25, 0.3) is 0 Å². The minimum atomic E-state index is -6.15. The summed E-state index contributed by atoms with van der Waals surface area (Å²) in [6.45, 7) is 4.86. The third-order valence-electron chi connectivity index (χ3n) is 14.2. The summed E-state index contributed by atoms with van der Waals surface area (Å²) >= 11 is 0. The number of imide groups is 1. The van der Waals surface area contributed by atoms with Gasteiger partial charge in [-0.1, -0.05) is 27.2 Å². The van der Waals surface area contributed by atoms with E-state index in [9.17, 15) is 36.3 Å². The van der Waals surface area contributed by atoms with E-state index in [1.807, 2.05) is 0 Å². The Bertz CT molecular complexity index is 1320. The molecular formula is C33H42F9NO4. The van der Waals surface area contributed by atoms with E-state index in [0.717, 1.165) is 26.2 Å². The molecule has 2 amide bonds. The largest absolute Gasteiger partial charge is 0.458 e. The molecule has 0 N–H and O–H groups in total. The molecule has 0 aromatic carbocycles. The average molecular weight is 688 g/mol. The zero-order valence-electron chi connectivity index (χ0n) is 26.8. The van der Waals surface area contributed by atoms with E-state index in [-0.39, 0.29) is 30.7 Å². The van der Waals surface area contributed by atoms with Crippen LogP contribution < -0.4 is 0 Å². The standard InChI is InChI=1S/C33H42F9NO4/c1-5-28(12-17-11-23(28)20-9-7-8-19(17)20)47-27(46)30(32(38,39)33(40,41)42)13-18-10-22(30)15(3)21(18)14-29(31(36,37)25(34)35)16(4)24(44)43(6-2)26(29)45/h15-23,25H,5-14H2,1-4H3. The van der Waals surface area contributed by atoms with Gasteiger partial charge in [-0.15, -0.1) is 0 Å². The molecule has 0 radical (unpaired) electrons. The molecule has 12 atom stereocenters. The SMILES string of the molecule is CCN1C(=O)C(C)C(CC2C3CC(C2C)C(C(=O)OC2(CC)CC4CC2C2CCCC42)(C(F)(F)C(F)(F)F)C3)(C(F)(F)C(F)F)C1=O. The summed E-state index contributed by atoms with van der Waals surface area (Å²) in [7, 11) is 0. The highest BCUT2D eigenvalue weighted by molar-refractivity contribution is 6.08. The van der Waals surface area contributed by atoms with Crippen LogP contribution in [0.15, 0.2) is 0 Å². The number of esters is 1. The maximum atomic E-state index is 15.9. The lowest BCUT2D eigenvalue weighted by Crippen LogP contribution is -2.63. The zero-order valence-corrected chi connectivity index (χ0v) is 26.8. The van der Waals surface area contributed by atoms with Crippen molar-refractivity contribution in [3.05, 3.63) is 0 Å². The highest BCUT2D eigenvalue weighted by atomic mass is 19.4. The number of likely N-dealkylation sites (tertiary alicyclic amines) is 1. The number of amides is 2. The number of hydrogen-bond acceptors (Lipinski definition) is 4. The van der Waals surface area contributed by atoms with Crippen LogP contribution in [0.1, 0.15) is 85.5 Å². The van der Waals surface area contributed by atoms with Crippen LogP contribution >= 0.6 is 0 Å². The Morgan fingerprint density at radius 1 is 0.936 bits per heavy atom. The molecule has 12 unspecified atom stereocenters. The number of nitrogens with zero attached hydrogens (tertiary/aromatic N) is 1. The van der Waals surface area contributed by atoms with Gasteiger partial charge < -0.3 is 4.74 Å². The lowest BCUT2D eigenvalue weighted by Gasteiger charge is -2.50. The second-order valence-electron chi connectivity index (χ2n) is 15.5. The summed E-state index contributed by atoms with van der Waals surface area (Å²) in [4.78, 5) is 40.9. The summed E-state index contributed by atoms with van der Waals surface area (Å²) in [5.74, 6) is -21.5. The summed E-state index contributed by atoms with van der Waals surface area (Å²) in [6.07, 6.45) is -8.80. The molecule has 1 aliphatic heterocycles. The van der Waals surface area contributed by atoms with Crippen molar-refractivity contribution in [3.8, 4) is 0 Å². The second-order valence-corrected chi connectivity index (χ2v) is 15.5. The minimum absolute atomic E-state index is 0.153. The van der Waals surface area contributed by atoms with Crippen molar-refractivity contribution in [2.45, 2.75) is 116 Å². The molecule has 4 bridgehead atoms. The topological polar surface area (TPSA) is 63.7 Å². The third-order valence-corrected chi connectivity index (χ3v) is 14.2. The molecule has 0 spiro atoms. The van der Waals surface area contributed by atoms with Crippen LogP contribution in [-0.4, -0.2) is 59.3 Å². The molecular weight excluding hydrogens is 645 g/mol. The minimum Gasteiger partial charge on any atom is -0.458 e. The number of halogens is 9. The molecule has 6 rings (SSSR count). The molecule has 6 fully saturated rings. The van der Waals surface area contributed by atoms with Gasteiger partial charge in [0.05, 0.1) is 5.92 Å². The van der Waals surface area contributed by atoms with E-state index in [1.54, 1.807) is 6.92 Å². The van der Waals surface area contributed by atoms with E-state index in [0.29, 0.717) is 23.7 Å². The van der Waals surface area contributed by atoms with E-state index in [2.05, 4.69) is 0 Å². The molecule has 1 heterocycles. The fourth-order valence-electron chi connectivity index (χ4n) is 12.0. The van der Waals surface area contributed by atoms with Crippen LogP contribution in [0.4, 0.5) is 39.5 Å². The average Bonchev–Trinajstić information content (AvgIpc) is 3.81. The number of alkyl halides is 9. The van der Waals surface area contributed by atoms with Gasteiger partial charge in [0, 0.05) is 12.5 Å². The summed E-state index contributed by atoms with van der Waals surface area (Å²) < 4.78 is 140. The van der Waals surface area contributed by atoms with E-state index in [1.165, 1.54) is 13.8 Å². The van der Waals surface area contributed by atoms with Gasteiger partial charge >= 0.3 is 30.4 Å². The lowest BCUT2D eigenvalue weighted by molar-refractivity contribution is -0.337. The Morgan fingerprint density at radius 2 is 1.55 bits per heavy atom. The highest BCUT2D eigenvalue weighted by Crippen LogP contribution is 2.72. The number of ether oxygens (including phenoxy) is 1. The molecule has 0 aromatic rings. The smallest absolute Gasteiger partial charge is 0.454 e. The van der Waals surface area contributed by atoms with Crippen LogP contribution in [0.3, 0.4) is 0 Å². The number of hydrogen-bond donors (Lipinski definition) is 0. The Balaban J connectivity index is 1.36. The second kappa shape index (κ2) is 10.7. The van der Waals surface area contributed by atoms with Crippen molar-refractivity contribution in [2.24, 2.45) is 64.1 Å². The first-order chi connectivity index (χ1) is 21.7. The van der Waals surface area contributed by atoms with E-state index in [4.69, 9.17) is 4.74 Å². The van der Waals surface area contributed by atoms with Crippen molar-refractivity contribution in [1.29, 1.82) is 0 Å². The molecule has 14 heteroatoms. The Hall–Kier alpha value is -2.02. The fraction of sp³-hybridized carbons (Fsp3) is 0.909. The summed E-state index contributed by atoms with van der Waals surface area (Å²) in [5.41, 5.74) is -7.79. The zero-order chi connectivity index (χ0) is 34.9. The molecule has 5 aliphatic carbocycles. The van der Waals surface area contributed by atoms with Crippen molar-refractivity contribution in [2.75, 3.05) is 6.54 Å². The van der Waals surface area contributed by atoms with Crippen LogP contribution in [0.5, 0.6) is 0 Å². The van der Waals surface area contributed by atoms with Crippen LogP contribution in [0.2, 0.25) is 0 Å². The quantitative estimate of drug-likeness (QED) is 0.141. The number of carbonyl (C=O) groups is 3. The summed E-state index contributed by atoms with van der Waals surface area (Å²) in [6, 6.07) is 0. The van der Waals surface area contributed by atoms with E-state index >= 15 is 17.6 Å². The maximum Gasteiger partial charge on any atom is 0.454 e. The van der Waals surface area contributed by atoms with Gasteiger partial charge in [-0.3, -0.25) is 19.3 Å². The van der Waals surface area contributed by atoms with Gasteiger partial charge in [-0.25, -0.2) is 8.78 Å². The Kier molecular flexibility index (Phi) is 7.96. The van der Waals surface area contributed by atoms with Crippen molar-refractivity contribution < 1.29 is 58.6 Å². The molecule has 1 saturated heterocycles. The van der Waals surface area contributed by atoms with Gasteiger partial charge in [0.2, 0.25) is 11.8 Å². The fourth-order valence-corrected chi connectivity index (χ4v) is 12.0. The molecule has 6 aliphatic rings. The van der Waals surface area contributed by atoms with Crippen molar-refractivity contribution >= 4 is 17.8 Å². The predicted octanol–water partition coefficient (Wildman–Crippen LogP) is 7.91. The first-order valence-corrected chi connectivity index (χ1v) is 16.9. The Morgan fingerprint density at radius 3 is 2.09 bits per heavy atom. The molecule has 47 heavy (non-hydrogen) atoms. The molecule has 5 saturated carbocycles. The first kappa shape index (κ1) is 34.8. The van der Waals surface area contributed by atoms with Crippen LogP contribution in [-0.2, 0) is 19.1 Å². The molecule has 5 nitrogen and oxygen atoms in total. The van der Waals surface area contributed by atoms with Crippen molar-refractivity contribution in [3.63, 3.8) is 0 Å². The summed E-state index contributed by atoms with van der Waals surface area (Å²) in [5, 5.41) is 0. The van der Waals surface area contributed by atoms with Crippen LogP contribution in [0, 0.1) is 64.1 Å². The van der Waals surface area contributed by atoms with Gasteiger partial charge in [0.15, 0.2) is 0 Å².